The number of aromatic nitrogens is 2. The highest BCUT2D eigenvalue weighted by atomic mass is 16.5. The summed E-state index contributed by atoms with van der Waals surface area (Å²) in [6, 6.07) is 0. The maximum atomic E-state index is 11.8. The molecule has 1 unspecified atom stereocenters. The first-order valence-corrected chi connectivity index (χ1v) is 6.30. The molecule has 0 radical (unpaired) electrons. The summed E-state index contributed by atoms with van der Waals surface area (Å²) < 4.78 is 6.96. The van der Waals surface area contributed by atoms with Crippen molar-refractivity contribution >= 4 is 5.91 Å². The fourth-order valence-corrected chi connectivity index (χ4v) is 2.16. The number of carbonyl (C=O) groups is 1. The summed E-state index contributed by atoms with van der Waals surface area (Å²) in [4.78, 5) is 11.8. The van der Waals surface area contributed by atoms with Crippen molar-refractivity contribution in [3.8, 4) is 11.9 Å². The zero-order valence-corrected chi connectivity index (χ0v) is 10.7. The summed E-state index contributed by atoms with van der Waals surface area (Å²) in [5.74, 6) is -0.842. The first-order chi connectivity index (χ1) is 9.19. The van der Waals surface area contributed by atoms with Crippen LogP contribution >= 0.6 is 0 Å². The third-order valence-electron chi connectivity index (χ3n) is 3.10. The van der Waals surface area contributed by atoms with E-state index in [1.165, 1.54) is 4.68 Å². The van der Waals surface area contributed by atoms with E-state index in [1.807, 2.05) is 12.2 Å². The van der Waals surface area contributed by atoms with Gasteiger partial charge >= 0.3 is 0 Å². The predicted molar refractivity (Wildman–Crippen MR) is 65.2 cm³/mol. The fraction of sp³-hybridized carbons (Fsp3) is 0.583. The van der Waals surface area contributed by atoms with E-state index < -0.39 is 5.91 Å². The van der Waals surface area contributed by atoms with Crippen molar-refractivity contribution in [2.45, 2.75) is 38.8 Å². The Kier molecular flexibility index (Phi) is 4.02. The molecule has 0 aliphatic carbocycles. The average molecular weight is 264 g/mol. The van der Waals surface area contributed by atoms with Gasteiger partial charge in [-0.25, -0.2) is 4.68 Å². The molecule has 7 nitrogen and oxygen atoms in total. The number of carbonyl (C=O) groups excluding carboxylic acids is 1. The van der Waals surface area contributed by atoms with E-state index in [9.17, 15) is 9.90 Å². The van der Waals surface area contributed by atoms with Gasteiger partial charge in [-0.05, 0) is 25.7 Å². The van der Waals surface area contributed by atoms with Crippen LogP contribution in [0.1, 0.15) is 48.6 Å². The van der Waals surface area contributed by atoms with Crippen molar-refractivity contribution in [3.05, 3.63) is 11.4 Å². The molecular formula is C12H16N4O3. The van der Waals surface area contributed by atoms with Gasteiger partial charge in [0.15, 0.2) is 23.9 Å². The lowest BCUT2D eigenvalue weighted by Gasteiger charge is -2.23. The van der Waals surface area contributed by atoms with Gasteiger partial charge in [0.2, 0.25) is 0 Å². The highest BCUT2D eigenvalue weighted by Crippen LogP contribution is 2.30. The number of nitrogens with zero attached hydrogens (tertiary/aromatic N) is 3. The fourth-order valence-electron chi connectivity index (χ4n) is 2.16. The molecule has 1 saturated heterocycles. The van der Waals surface area contributed by atoms with E-state index in [4.69, 9.17) is 10.00 Å². The topological polar surface area (TPSA) is 100 Å². The molecule has 2 N–H and O–H groups in total. The minimum absolute atomic E-state index is 0.00898. The molecule has 2 heterocycles. The molecular weight excluding hydrogens is 248 g/mol. The van der Waals surface area contributed by atoms with Gasteiger partial charge in [-0.2, -0.15) is 10.4 Å². The van der Waals surface area contributed by atoms with Gasteiger partial charge < -0.3 is 9.84 Å². The number of nitriles is 1. The number of hydrogen-bond donors (Lipinski definition) is 2. The quantitative estimate of drug-likeness (QED) is 0.628. The SMILES string of the molecule is CCc1nn(C2CCCCO2)c(C(=O)NC#N)c1O. The summed E-state index contributed by atoms with van der Waals surface area (Å²) in [6.07, 6.45) is 4.38. The molecule has 1 atom stereocenters. The summed E-state index contributed by atoms with van der Waals surface area (Å²) >= 11 is 0. The van der Waals surface area contributed by atoms with Crippen molar-refractivity contribution in [2.24, 2.45) is 0 Å². The van der Waals surface area contributed by atoms with E-state index in [0.29, 0.717) is 18.7 Å². The van der Waals surface area contributed by atoms with Crippen LogP contribution in [0.4, 0.5) is 0 Å². The highest BCUT2D eigenvalue weighted by molar-refractivity contribution is 5.96. The second-order valence-electron chi connectivity index (χ2n) is 4.33. The first kappa shape index (κ1) is 13.4. The summed E-state index contributed by atoms with van der Waals surface area (Å²) in [5.41, 5.74) is 0.419. The van der Waals surface area contributed by atoms with Gasteiger partial charge in [-0.15, -0.1) is 0 Å². The lowest BCUT2D eigenvalue weighted by Crippen LogP contribution is -2.27. The molecule has 0 aromatic carbocycles. The van der Waals surface area contributed by atoms with Crippen LogP contribution in [0.3, 0.4) is 0 Å². The van der Waals surface area contributed by atoms with Gasteiger partial charge in [-0.1, -0.05) is 6.92 Å². The van der Waals surface area contributed by atoms with E-state index in [0.717, 1.165) is 19.3 Å². The second kappa shape index (κ2) is 5.71. The van der Waals surface area contributed by atoms with Crippen LogP contribution < -0.4 is 5.32 Å². The molecule has 7 heteroatoms. The van der Waals surface area contributed by atoms with E-state index >= 15 is 0 Å². The molecule has 1 fully saturated rings. The van der Waals surface area contributed by atoms with Crippen molar-refractivity contribution in [3.63, 3.8) is 0 Å². The summed E-state index contributed by atoms with van der Waals surface area (Å²) in [5, 5.41) is 24.8. The zero-order valence-electron chi connectivity index (χ0n) is 10.7. The third-order valence-corrected chi connectivity index (χ3v) is 3.10. The Morgan fingerprint density at radius 2 is 2.47 bits per heavy atom. The smallest absolute Gasteiger partial charge is 0.286 e. The van der Waals surface area contributed by atoms with Crippen LogP contribution in [0.2, 0.25) is 0 Å². The Morgan fingerprint density at radius 1 is 1.68 bits per heavy atom. The van der Waals surface area contributed by atoms with Crippen molar-refractivity contribution < 1.29 is 14.6 Å². The van der Waals surface area contributed by atoms with Gasteiger partial charge in [-0.3, -0.25) is 10.1 Å². The largest absolute Gasteiger partial charge is 0.504 e. The number of rotatable bonds is 3. The lowest BCUT2D eigenvalue weighted by molar-refractivity contribution is -0.0408. The highest BCUT2D eigenvalue weighted by Gasteiger charge is 2.28. The molecule has 1 aliphatic heterocycles. The maximum absolute atomic E-state index is 11.8. The number of ether oxygens (including phenoxy) is 1. The van der Waals surface area contributed by atoms with Crippen LogP contribution in [-0.2, 0) is 11.2 Å². The first-order valence-electron chi connectivity index (χ1n) is 6.30. The minimum Gasteiger partial charge on any atom is -0.504 e. The van der Waals surface area contributed by atoms with E-state index in [1.54, 1.807) is 6.19 Å². The Hall–Kier alpha value is -2.07. The molecule has 102 valence electrons. The monoisotopic (exact) mass is 264 g/mol. The maximum Gasteiger partial charge on any atom is 0.286 e. The van der Waals surface area contributed by atoms with Gasteiger partial charge in [0, 0.05) is 6.61 Å². The van der Waals surface area contributed by atoms with Gasteiger partial charge in [0.1, 0.15) is 5.69 Å². The normalized spacial score (nSPS) is 18.8. The third kappa shape index (κ3) is 2.53. The molecule has 1 aromatic heterocycles. The van der Waals surface area contributed by atoms with Crippen LogP contribution in [0.15, 0.2) is 0 Å². The Bertz CT molecular complexity index is 512. The summed E-state index contributed by atoms with van der Waals surface area (Å²) in [7, 11) is 0. The number of amides is 1. The molecule has 0 bridgehead atoms. The lowest BCUT2D eigenvalue weighted by atomic mass is 10.2. The molecule has 2 rings (SSSR count). The second-order valence-corrected chi connectivity index (χ2v) is 4.33. The Morgan fingerprint density at radius 3 is 3.05 bits per heavy atom. The molecule has 0 spiro atoms. The predicted octanol–water partition coefficient (Wildman–Crippen LogP) is 1.06. The van der Waals surface area contributed by atoms with Crippen molar-refractivity contribution in [1.29, 1.82) is 5.26 Å². The zero-order chi connectivity index (χ0) is 13.8. The molecule has 1 aromatic rings. The van der Waals surface area contributed by atoms with Crippen LogP contribution in [0.25, 0.3) is 0 Å². The number of aryl methyl sites for hydroxylation is 1. The van der Waals surface area contributed by atoms with E-state index in [-0.39, 0.29) is 17.7 Å². The number of aromatic hydroxyl groups is 1. The van der Waals surface area contributed by atoms with Gasteiger partial charge in [0.25, 0.3) is 5.91 Å². The van der Waals surface area contributed by atoms with E-state index in [2.05, 4.69) is 5.10 Å². The molecule has 1 aliphatic rings. The van der Waals surface area contributed by atoms with Crippen molar-refractivity contribution in [2.75, 3.05) is 6.61 Å². The molecule has 19 heavy (non-hydrogen) atoms. The minimum atomic E-state index is -0.665. The van der Waals surface area contributed by atoms with Crippen LogP contribution in [0, 0.1) is 11.5 Å². The number of hydrogen-bond acceptors (Lipinski definition) is 5. The molecule has 1 amide bonds. The standard InChI is InChI=1S/C12H16N4O3/c1-2-8-11(17)10(12(18)14-7-13)16(15-8)9-5-3-4-6-19-9/h9,17H,2-6H2,1H3,(H,14,18). The van der Waals surface area contributed by atoms with Crippen LogP contribution in [0.5, 0.6) is 5.75 Å². The molecule has 0 saturated carbocycles. The Labute approximate surface area is 110 Å². The van der Waals surface area contributed by atoms with Crippen LogP contribution in [-0.4, -0.2) is 27.4 Å². The van der Waals surface area contributed by atoms with Gasteiger partial charge in [0.05, 0.1) is 0 Å². The van der Waals surface area contributed by atoms with Crippen molar-refractivity contribution in [1.82, 2.24) is 15.1 Å². The average Bonchev–Trinajstić information content (AvgIpc) is 2.77. The Balaban J connectivity index is 2.40. The summed E-state index contributed by atoms with van der Waals surface area (Å²) in [6.45, 7) is 2.44. The number of nitrogens with one attached hydrogen (secondary N) is 1.